The molecule has 0 unspecified atom stereocenters. The van der Waals surface area contributed by atoms with Crippen molar-refractivity contribution in [1.29, 1.82) is 0 Å². The van der Waals surface area contributed by atoms with Crippen molar-refractivity contribution >= 4 is 55.6 Å². The summed E-state index contributed by atoms with van der Waals surface area (Å²) in [4.78, 5) is 27.6. The van der Waals surface area contributed by atoms with Gasteiger partial charge in [0.15, 0.2) is 0 Å². The van der Waals surface area contributed by atoms with Crippen LogP contribution >= 0.6 is 11.6 Å². The zero-order valence-electron chi connectivity index (χ0n) is 19.4. The van der Waals surface area contributed by atoms with Gasteiger partial charge in [0.25, 0.3) is 11.8 Å². The number of amides is 2. The van der Waals surface area contributed by atoms with E-state index in [1.807, 2.05) is 19.1 Å². The van der Waals surface area contributed by atoms with Gasteiger partial charge in [-0.25, -0.2) is 8.42 Å². The van der Waals surface area contributed by atoms with Crippen molar-refractivity contribution in [2.45, 2.75) is 37.5 Å². The monoisotopic (exact) mass is 511 g/mol. The second-order valence-electron chi connectivity index (χ2n) is 8.83. The van der Waals surface area contributed by atoms with E-state index in [2.05, 4.69) is 5.32 Å². The van der Waals surface area contributed by atoms with Crippen LogP contribution in [-0.2, 0) is 10.0 Å². The molecule has 0 aromatic heterocycles. The quantitative estimate of drug-likeness (QED) is 0.504. The van der Waals surface area contributed by atoms with Crippen molar-refractivity contribution in [3.8, 4) is 0 Å². The Balaban J connectivity index is 1.48. The molecule has 0 spiro atoms. The fraction of sp³-hybridized carbons (Fsp3) is 0.308. The molecule has 0 aliphatic carbocycles. The first-order chi connectivity index (χ1) is 16.8. The van der Waals surface area contributed by atoms with Gasteiger partial charge in [0, 0.05) is 47.2 Å². The normalized spacial score (nSPS) is 16.5. The first kappa shape index (κ1) is 23.8. The molecule has 5 rings (SSSR count). The summed E-state index contributed by atoms with van der Waals surface area (Å²) in [5.74, 6) is -0.510. The Labute approximate surface area is 209 Å². The second-order valence-corrected chi connectivity index (χ2v) is 11.1. The van der Waals surface area contributed by atoms with Crippen molar-refractivity contribution in [3.63, 3.8) is 0 Å². The standard InChI is InChI=1S/C26H26ClN3O4S/c1-2-30-22-13-12-21(18-8-7-9-19(24(18)22)26(30)32)28-25(31)17-10-11-20(27)23(16-17)35(33,34)29-14-5-3-4-6-15-29/h7-13,16H,2-6,14-15H2,1H3,(H,28,31). The highest BCUT2D eigenvalue weighted by Crippen LogP contribution is 2.40. The molecule has 7 nitrogen and oxygen atoms in total. The first-order valence-electron chi connectivity index (χ1n) is 11.8. The SMILES string of the molecule is CCN1C(=O)c2cccc3c(NC(=O)c4ccc(Cl)c(S(=O)(=O)N5CCCCCC5)c4)ccc1c23. The van der Waals surface area contributed by atoms with Gasteiger partial charge < -0.3 is 10.2 Å². The molecule has 0 radical (unpaired) electrons. The van der Waals surface area contributed by atoms with E-state index in [9.17, 15) is 18.0 Å². The summed E-state index contributed by atoms with van der Waals surface area (Å²) in [5, 5.41) is 4.55. The minimum absolute atomic E-state index is 0.0571. The molecule has 0 atom stereocenters. The number of halogens is 1. The van der Waals surface area contributed by atoms with E-state index in [1.54, 1.807) is 23.1 Å². The Bertz CT molecular complexity index is 1450. The van der Waals surface area contributed by atoms with Gasteiger partial charge in [-0.2, -0.15) is 4.31 Å². The number of carbonyl (C=O) groups is 2. The van der Waals surface area contributed by atoms with Crippen LogP contribution in [0.15, 0.2) is 53.4 Å². The zero-order chi connectivity index (χ0) is 24.7. The van der Waals surface area contributed by atoms with Crippen LogP contribution in [0.3, 0.4) is 0 Å². The van der Waals surface area contributed by atoms with E-state index >= 15 is 0 Å². The van der Waals surface area contributed by atoms with Crippen LogP contribution in [0, 0.1) is 0 Å². The Kier molecular flexibility index (Phi) is 6.29. The predicted molar refractivity (Wildman–Crippen MR) is 138 cm³/mol. The van der Waals surface area contributed by atoms with E-state index in [-0.39, 0.29) is 21.4 Å². The molecule has 2 aliphatic rings. The third kappa shape index (κ3) is 4.09. The molecular weight excluding hydrogens is 486 g/mol. The molecule has 2 aliphatic heterocycles. The summed E-state index contributed by atoms with van der Waals surface area (Å²) in [6, 6.07) is 13.4. The highest BCUT2D eigenvalue weighted by Gasteiger charge is 2.30. The van der Waals surface area contributed by atoms with Gasteiger partial charge in [0.05, 0.1) is 10.7 Å². The Morgan fingerprint density at radius 1 is 1.03 bits per heavy atom. The molecule has 0 bridgehead atoms. The molecular formula is C26H26ClN3O4S. The van der Waals surface area contributed by atoms with Crippen molar-refractivity contribution in [3.05, 3.63) is 64.7 Å². The molecule has 3 aromatic rings. The van der Waals surface area contributed by atoms with Crippen LogP contribution in [0.1, 0.15) is 53.3 Å². The lowest BCUT2D eigenvalue weighted by Crippen LogP contribution is -2.32. The minimum Gasteiger partial charge on any atom is -0.321 e. The fourth-order valence-corrected chi connectivity index (χ4v) is 6.94. The number of hydrogen-bond acceptors (Lipinski definition) is 4. The van der Waals surface area contributed by atoms with Gasteiger partial charge in [0.1, 0.15) is 4.90 Å². The molecule has 2 amide bonds. The molecule has 9 heteroatoms. The van der Waals surface area contributed by atoms with Crippen molar-refractivity contribution in [1.82, 2.24) is 4.31 Å². The van der Waals surface area contributed by atoms with Crippen LogP contribution in [0.5, 0.6) is 0 Å². The minimum atomic E-state index is -3.82. The van der Waals surface area contributed by atoms with Crippen molar-refractivity contribution in [2.75, 3.05) is 29.9 Å². The number of benzene rings is 3. The summed E-state index contributed by atoms with van der Waals surface area (Å²) in [6.07, 6.45) is 3.61. The summed E-state index contributed by atoms with van der Waals surface area (Å²) in [5.41, 5.74) is 2.16. The average molecular weight is 512 g/mol. The van der Waals surface area contributed by atoms with Crippen LogP contribution in [0.4, 0.5) is 11.4 Å². The second kappa shape index (κ2) is 9.26. The average Bonchev–Trinajstić information content (AvgIpc) is 3.01. The number of rotatable bonds is 5. The lowest BCUT2D eigenvalue weighted by Gasteiger charge is -2.21. The third-order valence-corrected chi connectivity index (χ3v) is 9.11. The first-order valence-corrected chi connectivity index (χ1v) is 13.6. The maximum absolute atomic E-state index is 13.3. The zero-order valence-corrected chi connectivity index (χ0v) is 21.0. The molecule has 3 aromatic carbocycles. The largest absolute Gasteiger partial charge is 0.321 e. The number of nitrogens with one attached hydrogen (secondary N) is 1. The van der Waals surface area contributed by atoms with Gasteiger partial charge >= 0.3 is 0 Å². The predicted octanol–water partition coefficient (Wildman–Crippen LogP) is 5.29. The highest BCUT2D eigenvalue weighted by molar-refractivity contribution is 7.89. The number of nitrogens with zero attached hydrogens (tertiary/aromatic N) is 2. The lowest BCUT2D eigenvalue weighted by molar-refractivity contribution is 0.0992. The number of anilines is 2. The Hall–Kier alpha value is -2.94. The van der Waals surface area contributed by atoms with E-state index in [0.29, 0.717) is 30.9 Å². The van der Waals surface area contributed by atoms with Gasteiger partial charge in [-0.1, -0.05) is 36.6 Å². The van der Waals surface area contributed by atoms with E-state index < -0.39 is 15.9 Å². The molecule has 182 valence electrons. The lowest BCUT2D eigenvalue weighted by atomic mass is 10.0. The Morgan fingerprint density at radius 3 is 2.49 bits per heavy atom. The molecule has 1 saturated heterocycles. The summed E-state index contributed by atoms with van der Waals surface area (Å²) in [6.45, 7) is 3.36. The van der Waals surface area contributed by atoms with E-state index in [1.165, 1.54) is 22.5 Å². The summed E-state index contributed by atoms with van der Waals surface area (Å²) < 4.78 is 28.1. The number of sulfonamides is 1. The van der Waals surface area contributed by atoms with Crippen molar-refractivity contribution < 1.29 is 18.0 Å². The molecule has 1 N–H and O–H groups in total. The number of hydrogen-bond donors (Lipinski definition) is 1. The molecule has 35 heavy (non-hydrogen) atoms. The van der Waals surface area contributed by atoms with Crippen LogP contribution in [0.2, 0.25) is 5.02 Å². The summed E-state index contributed by atoms with van der Waals surface area (Å²) in [7, 11) is -3.82. The van der Waals surface area contributed by atoms with Gasteiger partial charge in [-0.05, 0) is 56.2 Å². The van der Waals surface area contributed by atoms with E-state index in [4.69, 9.17) is 11.6 Å². The number of carbonyl (C=O) groups excluding carboxylic acids is 2. The van der Waals surface area contributed by atoms with Gasteiger partial charge in [-0.15, -0.1) is 0 Å². The topological polar surface area (TPSA) is 86.8 Å². The van der Waals surface area contributed by atoms with Crippen molar-refractivity contribution in [2.24, 2.45) is 0 Å². The summed E-state index contributed by atoms with van der Waals surface area (Å²) >= 11 is 6.29. The van der Waals surface area contributed by atoms with E-state index in [0.717, 1.165) is 42.1 Å². The van der Waals surface area contributed by atoms with Crippen LogP contribution in [-0.4, -0.2) is 44.2 Å². The van der Waals surface area contributed by atoms with Crippen LogP contribution in [0.25, 0.3) is 10.8 Å². The van der Waals surface area contributed by atoms with Gasteiger partial charge in [-0.3, -0.25) is 9.59 Å². The molecule has 0 saturated carbocycles. The van der Waals surface area contributed by atoms with Gasteiger partial charge in [0.2, 0.25) is 10.0 Å². The fourth-order valence-electron chi connectivity index (χ4n) is 4.93. The third-order valence-electron chi connectivity index (χ3n) is 6.73. The Morgan fingerprint density at radius 2 is 1.77 bits per heavy atom. The maximum Gasteiger partial charge on any atom is 0.258 e. The van der Waals surface area contributed by atoms with Crippen LogP contribution < -0.4 is 10.2 Å². The maximum atomic E-state index is 13.3. The smallest absolute Gasteiger partial charge is 0.258 e. The molecule has 1 fully saturated rings. The molecule has 2 heterocycles. The highest BCUT2D eigenvalue weighted by atomic mass is 35.5.